The third kappa shape index (κ3) is 2.11. The summed E-state index contributed by atoms with van der Waals surface area (Å²) in [6.07, 6.45) is 0. The summed E-state index contributed by atoms with van der Waals surface area (Å²) in [5.41, 5.74) is 2.35. The van der Waals surface area contributed by atoms with Gasteiger partial charge in [0.1, 0.15) is 5.82 Å². The van der Waals surface area contributed by atoms with E-state index >= 15 is 0 Å². The van der Waals surface area contributed by atoms with Gasteiger partial charge in [0.2, 0.25) is 0 Å². The average molecular weight is 228 g/mol. The van der Waals surface area contributed by atoms with Gasteiger partial charge in [-0.05, 0) is 31.2 Å². The van der Waals surface area contributed by atoms with Crippen LogP contribution in [-0.2, 0) is 4.74 Å². The van der Waals surface area contributed by atoms with Gasteiger partial charge < -0.3 is 9.64 Å². The minimum Gasteiger partial charge on any atom is -0.378 e. The molecule has 0 atom stereocenters. The van der Waals surface area contributed by atoms with Gasteiger partial charge in [-0.1, -0.05) is 11.6 Å². The second-order valence-electron chi connectivity index (χ2n) is 4.47. The molecule has 1 fully saturated rings. The molecule has 1 saturated heterocycles. The topological polar surface area (TPSA) is 25.4 Å². The van der Waals surface area contributed by atoms with Crippen LogP contribution < -0.4 is 4.90 Å². The number of ether oxygens (including phenoxy) is 1. The van der Waals surface area contributed by atoms with Crippen LogP contribution in [0.3, 0.4) is 0 Å². The van der Waals surface area contributed by atoms with Crippen molar-refractivity contribution in [2.75, 3.05) is 31.2 Å². The van der Waals surface area contributed by atoms with Crippen LogP contribution in [0, 0.1) is 6.92 Å². The predicted octanol–water partition coefficient (Wildman–Crippen LogP) is 2.38. The highest BCUT2D eigenvalue weighted by atomic mass is 16.5. The molecule has 1 aliphatic heterocycles. The fourth-order valence-electron chi connectivity index (χ4n) is 2.20. The van der Waals surface area contributed by atoms with Gasteiger partial charge in [-0.2, -0.15) is 0 Å². The number of nitrogens with zero attached hydrogens (tertiary/aromatic N) is 2. The van der Waals surface area contributed by atoms with Crippen LogP contribution in [0.4, 0.5) is 5.82 Å². The van der Waals surface area contributed by atoms with Gasteiger partial charge in [0, 0.05) is 18.5 Å². The third-order valence-corrected chi connectivity index (χ3v) is 3.17. The number of pyridine rings is 1. The van der Waals surface area contributed by atoms with Crippen molar-refractivity contribution in [2.45, 2.75) is 6.92 Å². The summed E-state index contributed by atoms with van der Waals surface area (Å²) >= 11 is 0. The summed E-state index contributed by atoms with van der Waals surface area (Å²) in [6, 6.07) is 10.6. The molecule has 0 spiro atoms. The molecule has 0 saturated carbocycles. The van der Waals surface area contributed by atoms with E-state index in [1.165, 1.54) is 10.9 Å². The molecule has 1 aromatic heterocycles. The van der Waals surface area contributed by atoms with Crippen molar-refractivity contribution >= 4 is 16.7 Å². The maximum atomic E-state index is 5.35. The summed E-state index contributed by atoms with van der Waals surface area (Å²) in [6.45, 7) is 5.57. The molecule has 2 aromatic rings. The van der Waals surface area contributed by atoms with Crippen LogP contribution in [0.5, 0.6) is 0 Å². The van der Waals surface area contributed by atoms with Crippen LogP contribution >= 0.6 is 0 Å². The van der Waals surface area contributed by atoms with Crippen LogP contribution in [0.2, 0.25) is 0 Å². The fourth-order valence-corrected chi connectivity index (χ4v) is 2.20. The Kier molecular flexibility index (Phi) is 2.69. The maximum absolute atomic E-state index is 5.35. The Bertz CT molecular complexity index is 533. The van der Waals surface area contributed by atoms with E-state index in [0.717, 1.165) is 37.6 Å². The Morgan fingerprint density at radius 2 is 1.94 bits per heavy atom. The summed E-state index contributed by atoms with van der Waals surface area (Å²) < 4.78 is 5.35. The lowest BCUT2D eigenvalue weighted by Gasteiger charge is -2.27. The lowest BCUT2D eigenvalue weighted by atomic mass is 10.1. The van der Waals surface area contributed by atoms with Crippen molar-refractivity contribution in [1.29, 1.82) is 0 Å². The Morgan fingerprint density at radius 1 is 1.12 bits per heavy atom. The van der Waals surface area contributed by atoms with Crippen molar-refractivity contribution in [3.63, 3.8) is 0 Å². The van der Waals surface area contributed by atoms with Gasteiger partial charge in [-0.15, -0.1) is 0 Å². The van der Waals surface area contributed by atoms with Gasteiger partial charge in [-0.3, -0.25) is 0 Å². The second-order valence-corrected chi connectivity index (χ2v) is 4.47. The molecule has 17 heavy (non-hydrogen) atoms. The standard InChI is InChI=1S/C14H16N2O/c1-11-2-4-13-12(10-11)3-5-14(15-13)16-6-8-17-9-7-16/h2-5,10H,6-9H2,1H3. The normalized spacial score (nSPS) is 16.4. The number of morpholine rings is 1. The zero-order valence-electron chi connectivity index (χ0n) is 10.0. The maximum Gasteiger partial charge on any atom is 0.129 e. The minimum absolute atomic E-state index is 0.799. The van der Waals surface area contributed by atoms with Crippen LogP contribution in [0.15, 0.2) is 30.3 Å². The molecule has 0 bridgehead atoms. The third-order valence-electron chi connectivity index (χ3n) is 3.17. The first kappa shape index (κ1) is 10.5. The highest BCUT2D eigenvalue weighted by Crippen LogP contribution is 2.19. The first-order chi connectivity index (χ1) is 8.33. The minimum atomic E-state index is 0.799. The number of aromatic nitrogens is 1. The Balaban J connectivity index is 1.98. The Morgan fingerprint density at radius 3 is 2.76 bits per heavy atom. The molecule has 1 aliphatic rings. The molecule has 0 N–H and O–H groups in total. The molecule has 0 unspecified atom stereocenters. The van der Waals surface area contributed by atoms with Gasteiger partial charge in [0.05, 0.1) is 18.7 Å². The highest BCUT2D eigenvalue weighted by molar-refractivity contribution is 5.81. The molecule has 3 heteroatoms. The van der Waals surface area contributed by atoms with Crippen molar-refractivity contribution < 1.29 is 4.74 Å². The van der Waals surface area contributed by atoms with Gasteiger partial charge in [0.15, 0.2) is 0 Å². The summed E-state index contributed by atoms with van der Waals surface area (Å²) in [4.78, 5) is 6.99. The zero-order chi connectivity index (χ0) is 11.7. The molecule has 1 aromatic carbocycles. The number of rotatable bonds is 1. The molecule has 0 amide bonds. The van der Waals surface area contributed by atoms with Crippen LogP contribution in [-0.4, -0.2) is 31.3 Å². The van der Waals surface area contributed by atoms with E-state index in [9.17, 15) is 0 Å². The fraction of sp³-hybridized carbons (Fsp3) is 0.357. The molecule has 0 radical (unpaired) electrons. The van der Waals surface area contributed by atoms with Gasteiger partial charge in [0.25, 0.3) is 0 Å². The van der Waals surface area contributed by atoms with Gasteiger partial charge >= 0.3 is 0 Å². The lowest BCUT2D eigenvalue weighted by molar-refractivity contribution is 0.122. The molecule has 3 rings (SSSR count). The molecular weight excluding hydrogens is 212 g/mol. The number of benzene rings is 1. The number of fused-ring (bicyclic) bond motifs is 1. The molecule has 3 nitrogen and oxygen atoms in total. The van der Waals surface area contributed by atoms with Crippen molar-refractivity contribution in [2.24, 2.45) is 0 Å². The SMILES string of the molecule is Cc1ccc2nc(N3CCOCC3)ccc2c1. The van der Waals surface area contributed by atoms with Crippen molar-refractivity contribution in [3.8, 4) is 0 Å². The quantitative estimate of drug-likeness (QED) is 0.749. The molecule has 2 heterocycles. The van der Waals surface area contributed by atoms with E-state index in [1.54, 1.807) is 0 Å². The number of anilines is 1. The molecular formula is C14H16N2O. The van der Waals surface area contributed by atoms with E-state index in [-0.39, 0.29) is 0 Å². The summed E-state index contributed by atoms with van der Waals surface area (Å²) in [7, 11) is 0. The number of hydrogen-bond acceptors (Lipinski definition) is 3. The van der Waals surface area contributed by atoms with Crippen LogP contribution in [0.25, 0.3) is 10.9 Å². The smallest absolute Gasteiger partial charge is 0.129 e. The summed E-state index contributed by atoms with van der Waals surface area (Å²) in [5.74, 6) is 1.06. The molecule has 88 valence electrons. The first-order valence-corrected chi connectivity index (χ1v) is 6.03. The number of aryl methyl sites for hydroxylation is 1. The van der Waals surface area contributed by atoms with Crippen molar-refractivity contribution in [3.05, 3.63) is 35.9 Å². The van der Waals surface area contributed by atoms with E-state index in [0.29, 0.717) is 0 Å². The summed E-state index contributed by atoms with van der Waals surface area (Å²) in [5, 5.41) is 1.21. The van der Waals surface area contributed by atoms with E-state index in [4.69, 9.17) is 9.72 Å². The van der Waals surface area contributed by atoms with E-state index in [1.807, 2.05) is 0 Å². The van der Waals surface area contributed by atoms with Gasteiger partial charge in [-0.25, -0.2) is 4.98 Å². The second kappa shape index (κ2) is 4.34. The highest BCUT2D eigenvalue weighted by Gasteiger charge is 2.12. The molecule has 0 aliphatic carbocycles. The largest absolute Gasteiger partial charge is 0.378 e. The first-order valence-electron chi connectivity index (χ1n) is 6.03. The van der Waals surface area contributed by atoms with E-state index < -0.39 is 0 Å². The monoisotopic (exact) mass is 228 g/mol. The average Bonchev–Trinajstić information content (AvgIpc) is 2.39. The lowest BCUT2D eigenvalue weighted by Crippen LogP contribution is -2.36. The Hall–Kier alpha value is -1.61. The Labute approximate surface area is 101 Å². The van der Waals surface area contributed by atoms with E-state index in [2.05, 4.69) is 42.2 Å². The zero-order valence-corrected chi connectivity index (χ0v) is 10.0. The van der Waals surface area contributed by atoms with Crippen molar-refractivity contribution in [1.82, 2.24) is 4.98 Å². The predicted molar refractivity (Wildman–Crippen MR) is 69.5 cm³/mol. The van der Waals surface area contributed by atoms with Crippen LogP contribution in [0.1, 0.15) is 5.56 Å². The number of hydrogen-bond donors (Lipinski definition) is 0.